The van der Waals surface area contributed by atoms with Crippen molar-refractivity contribution in [3.05, 3.63) is 35.1 Å². The van der Waals surface area contributed by atoms with Crippen LogP contribution < -0.4 is 5.73 Å². The van der Waals surface area contributed by atoms with Crippen LogP contribution in [0.2, 0.25) is 0 Å². The Balaban J connectivity index is 2.43. The van der Waals surface area contributed by atoms with Crippen LogP contribution in [0.15, 0.2) is 18.2 Å². The highest BCUT2D eigenvalue weighted by molar-refractivity contribution is 5.34. The van der Waals surface area contributed by atoms with Gasteiger partial charge >= 0.3 is 6.18 Å². The molecular formula is C12H13F4N. The number of nitrogens with two attached hydrogens (primary N) is 1. The van der Waals surface area contributed by atoms with Gasteiger partial charge < -0.3 is 5.73 Å². The predicted molar refractivity (Wildman–Crippen MR) is 55.7 cm³/mol. The van der Waals surface area contributed by atoms with Gasteiger partial charge in [0.2, 0.25) is 0 Å². The molecule has 0 radical (unpaired) electrons. The van der Waals surface area contributed by atoms with Crippen molar-refractivity contribution in [1.29, 1.82) is 0 Å². The van der Waals surface area contributed by atoms with E-state index < -0.39 is 23.6 Å². The Morgan fingerprint density at radius 2 is 1.88 bits per heavy atom. The van der Waals surface area contributed by atoms with Crippen LogP contribution in [0.3, 0.4) is 0 Å². The van der Waals surface area contributed by atoms with Gasteiger partial charge in [-0.1, -0.05) is 12.5 Å². The molecule has 5 heteroatoms. The van der Waals surface area contributed by atoms with E-state index in [2.05, 4.69) is 0 Å². The van der Waals surface area contributed by atoms with Crippen LogP contribution in [0, 0.1) is 11.7 Å². The third kappa shape index (κ3) is 2.29. The van der Waals surface area contributed by atoms with E-state index in [-0.39, 0.29) is 11.5 Å². The van der Waals surface area contributed by atoms with Gasteiger partial charge in [0.05, 0.1) is 5.56 Å². The van der Waals surface area contributed by atoms with Gasteiger partial charge in [0.15, 0.2) is 0 Å². The molecule has 1 fully saturated rings. The average Bonchev–Trinajstić information content (AvgIpc) is 2.12. The Morgan fingerprint density at radius 1 is 1.24 bits per heavy atom. The second-order valence-corrected chi connectivity index (χ2v) is 4.42. The highest BCUT2D eigenvalue weighted by atomic mass is 19.4. The second-order valence-electron chi connectivity index (χ2n) is 4.42. The number of halogens is 4. The van der Waals surface area contributed by atoms with E-state index in [0.29, 0.717) is 0 Å². The van der Waals surface area contributed by atoms with E-state index in [4.69, 9.17) is 5.73 Å². The maximum atomic E-state index is 13.6. The summed E-state index contributed by atoms with van der Waals surface area (Å²) in [5, 5.41) is 0. The summed E-state index contributed by atoms with van der Waals surface area (Å²) in [6.07, 6.45) is -2.06. The van der Waals surface area contributed by atoms with E-state index in [9.17, 15) is 17.6 Å². The molecule has 0 saturated heterocycles. The number of rotatable bonds is 2. The molecule has 1 aliphatic rings. The Hall–Kier alpha value is -1.10. The SMILES string of the molecule is N[C@@H](c1c(F)cccc1C(F)(F)F)C1CCC1. The van der Waals surface area contributed by atoms with Crippen molar-refractivity contribution >= 4 is 0 Å². The smallest absolute Gasteiger partial charge is 0.324 e. The van der Waals surface area contributed by atoms with Crippen molar-refractivity contribution in [3.8, 4) is 0 Å². The first-order chi connectivity index (χ1) is 7.91. The van der Waals surface area contributed by atoms with Gasteiger partial charge in [-0.2, -0.15) is 13.2 Å². The number of hydrogen-bond acceptors (Lipinski definition) is 1. The topological polar surface area (TPSA) is 26.0 Å². The first-order valence-electron chi connectivity index (χ1n) is 5.52. The molecule has 1 aromatic rings. The van der Waals surface area contributed by atoms with Crippen LogP contribution in [0.5, 0.6) is 0 Å². The van der Waals surface area contributed by atoms with Crippen molar-refractivity contribution < 1.29 is 17.6 Å². The molecule has 0 amide bonds. The van der Waals surface area contributed by atoms with E-state index in [1.54, 1.807) is 0 Å². The monoisotopic (exact) mass is 247 g/mol. The maximum absolute atomic E-state index is 13.6. The molecular weight excluding hydrogens is 234 g/mol. The van der Waals surface area contributed by atoms with Crippen LogP contribution >= 0.6 is 0 Å². The molecule has 1 nitrogen and oxygen atoms in total. The van der Waals surface area contributed by atoms with E-state index in [0.717, 1.165) is 37.5 Å². The molecule has 0 unspecified atom stereocenters. The number of benzene rings is 1. The third-order valence-corrected chi connectivity index (χ3v) is 3.35. The second kappa shape index (κ2) is 4.29. The van der Waals surface area contributed by atoms with Gasteiger partial charge in [-0.15, -0.1) is 0 Å². The van der Waals surface area contributed by atoms with Gasteiger partial charge in [-0.25, -0.2) is 4.39 Å². The zero-order chi connectivity index (χ0) is 12.6. The van der Waals surface area contributed by atoms with Gasteiger partial charge in [-0.05, 0) is 30.9 Å². The van der Waals surface area contributed by atoms with Crippen LogP contribution in [0.4, 0.5) is 17.6 Å². The van der Waals surface area contributed by atoms with Crippen molar-refractivity contribution in [2.45, 2.75) is 31.5 Å². The summed E-state index contributed by atoms with van der Waals surface area (Å²) in [5.41, 5.74) is 4.43. The Morgan fingerprint density at radius 3 is 2.35 bits per heavy atom. The summed E-state index contributed by atoms with van der Waals surface area (Å²) in [6, 6.07) is 2.12. The molecule has 0 aromatic heterocycles. The fraction of sp³-hybridized carbons (Fsp3) is 0.500. The van der Waals surface area contributed by atoms with Gasteiger partial charge in [0.25, 0.3) is 0 Å². The fourth-order valence-electron chi connectivity index (χ4n) is 2.16. The van der Waals surface area contributed by atoms with Gasteiger partial charge in [0, 0.05) is 11.6 Å². The zero-order valence-corrected chi connectivity index (χ0v) is 9.10. The van der Waals surface area contributed by atoms with Gasteiger partial charge in [0.1, 0.15) is 5.82 Å². The standard InChI is InChI=1S/C12H13F4N/c13-9-6-2-5-8(12(14,15)16)10(9)11(17)7-3-1-4-7/h2,5-7,11H,1,3-4,17H2/t11-/m1/s1. The molecule has 94 valence electrons. The quantitative estimate of drug-likeness (QED) is 0.793. The third-order valence-electron chi connectivity index (χ3n) is 3.35. The molecule has 1 aromatic carbocycles. The fourth-order valence-corrected chi connectivity index (χ4v) is 2.16. The summed E-state index contributed by atoms with van der Waals surface area (Å²) >= 11 is 0. The lowest BCUT2D eigenvalue weighted by molar-refractivity contribution is -0.138. The number of alkyl halides is 3. The molecule has 2 N–H and O–H groups in total. The molecule has 0 bridgehead atoms. The summed E-state index contributed by atoms with van der Waals surface area (Å²) in [5.74, 6) is -0.896. The molecule has 0 heterocycles. The predicted octanol–water partition coefficient (Wildman–Crippen LogP) is 3.64. The summed E-state index contributed by atoms with van der Waals surface area (Å²) in [6.45, 7) is 0. The van der Waals surface area contributed by atoms with Crippen molar-refractivity contribution in [2.24, 2.45) is 11.7 Å². The summed E-state index contributed by atoms with van der Waals surface area (Å²) < 4.78 is 51.8. The highest BCUT2D eigenvalue weighted by Gasteiger charge is 2.38. The maximum Gasteiger partial charge on any atom is 0.416 e. The van der Waals surface area contributed by atoms with E-state index >= 15 is 0 Å². The summed E-state index contributed by atoms with van der Waals surface area (Å²) in [7, 11) is 0. The van der Waals surface area contributed by atoms with E-state index in [1.807, 2.05) is 0 Å². The minimum absolute atomic E-state index is 0.0343. The minimum Gasteiger partial charge on any atom is -0.324 e. The molecule has 0 aliphatic heterocycles. The lowest BCUT2D eigenvalue weighted by Gasteiger charge is -2.32. The van der Waals surface area contributed by atoms with Crippen LogP contribution in [0.1, 0.15) is 36.4 Å². The largest absolute Gasteiger partial charge is 0.416 e. The summed E-state index contributed by atoms with van der Waals surface area (Å²) in [4.78, 5) is 0. The average molecular weight is 247 g/mol. The Kier molecular flexibility index (Phi) is 3.12. The Labute approximate surface area is 96.6 Å². The first-order valence-corrected chi connectivity index (χ1v) is 5.52. The van der Waals surface area contributed by atoms with Crippen molar-refractivity contribution in [1.82, 2.24) is 0 Å². The van der Waals surface area contributed by atoms with Crippen LogP contribution in [-0.4, -0.2) is 0 Å². The van der Waals surface area contributed by atoms with Crippen molar-refractivity contribution in [2.75, 3.05) is 0 Å². The van der Waals surface area contributed by atoms with Crippen LogP contribution in [0.25, 0.3) is 0 Å². The molecule has 1 atom stereocenters. The van der Waals surface area contributed by atoms with Crippen LogP contribution in [-0.2, 0) is 6.18 Å². The van der Waals surface area contributed by atoms with Gasteiger partial charge in [-0.3, -0.25) is 0 Å². The minimum atomic E-state index is -4.56. The lowest BCUT2D eigenvalue weighted by atomic mass is 9.76. The molecule has 0 spiro atoms. The first kappa shape index (κ1) is 12.4. The lowest BCUT2D eigenvalue weighted by Crippen LogP contribution is -2.30. The Bertz CT molecular complexity index is 409. The molecule has 17 heavy (non-hydrogen) atoms. The normalized spacial score (nSPS) is 18.9. The molecule has 1 saturated carbocycles. The van der Waals surface area contributed by atoms with E-state index in [1.165, 1.54) is 0 Å². The van der Waals surface area contributed by atoms with Crippen molar-refractivity contribution in [3.63, 3.8) is 0 Å². The highest BCUT2D eigenvalue weighted by Crippen LogP contribution is 2.42. The zero-order valence-electron chi connectivity index (χ0n) is 9.10. The molecule has 2 rings (SSSR count). The molecule has 1 aliphatic carbocycles. The number of hydrogen-bond donors (Lipinski definition) is 1.